The predicted octanol–water partition coefficient (Wildman–Crippen LogP) is 2.85. The normalized spacial score (nSPS) is 10.6. The summed E-state index contributed by atoms with van der Waals surface area (Å²) in [7, 11) is 1.52. The van der Waals surface area contributed by atoms with E-state index in [-0.39, 0.29) is 12.0 Å². The van der Waals surface area contributed by atoms with Crippen molar-refractivity contribution in [3.05, 3.63) is 40.8 Å². The van der Waals surface area contributed by atoms with Gasteiger partial charge in [-0.15, -0.1) is 0 Å². The lowest BCUT2D eigenvalue weighted by Gasteiger charge is -2.08. The number of esters is 1. The van der Waals surface area contributed by atoms with Crippen molar-refractivity contribution in [2.45, 2.75) is 33.8 Å². The van der Waals surface area contributed by atoms with Crippen molar-refractivity contribution in [2.24, 2.45) is 0 Å². The number of ether oxygens (including phenoxy) is 2. The van der Waals surface area contributed by atoms with Crippen LogP contribution in [0.1, 0.15) is 46.0 Å². The molecule has 0 atom stereocenters. The van der Waals surface area contributed by atoms with Gasteiger partial charge in [-0.2, -0.15) is 0 Å². The fourth-order valence-electron chi connectivity index (χ4n) is 2.32. The van der Waals surface area contributed by atoms with Gasteiger partial charge in [0.25, 0.3) is 5.91 Å². The van der Waals surface area contributed by atoms with E-state index in [0.29, 0.717) is 34.1 Å². The van der Waals surface area contributed by atoms with E-state index in [4.69, 9.17) is 9.47 Å². The first-order valence-corrected chi connectivity index (χ1v) is 7.55. The highest BCUT2D eigenvalue weighted by molar-refractivity contribution is 6.06. The SMILES string of the molecule is COc1ccc(NC(=O)c2[nH]c(C)c(C(=O)OC(C)C)c2C)cn1. The number of methoxy groups -OCH3 is 1. The number of carbonyl (C=O) groups excluding carboxylic acids is 2. The average Bonchev–Trinajstić information content (AvgIpc) is 2.82. The molecule has 24 heavy (non-hydrogen) atoms. The molecule has 0 saturated carbocycles. The molecule has 0 aromatic carbocycles. The molecule has 2 aromatic heterocycles. The van der Waals surface area contributed by atoms with Crippen LogP contribution in [0.15, 0.2) is 18.3 Å². The number of carbonyl (C=O) groups is 2. The topological polar surface area (TPSA) is 93.3 Å². The highest BCUT2D eigenvalue weighted by atomic mass is 16.5. The molecule has 0 saturated heterocycles. The van der Waals surface area contributed by atoms with E-state index < -0.39 is 5.97 Å². The van der Waals surface area contributed by atoms with Gasteiger partial charge in [0, 0.05) is 11.8 Å². The molecule has 0 spiro atoms. The molecule has 7 nitrogen and oxygen atoms in total. The van der Waals surface area contributed by atoms with Gasteiger partial charge in [-0.1, -0.05) is 0 Å². The van der Waals surface area contributed by atoms with Crippen molar-refractivity contribution >= 4 is 17.6 Å². The van der Waals surface area contributed by atoms with Crippen molar-refractivity contribution in [1.29, 1.82) is 0 Å². The van der Waals surface area contributed by atoms with E-state index in [1.165, 1.54) is 13.3 Å². The monoisotopic (exact) mass is 331 g/mol. The molecule has 0 bridgehead atoms. The predicted molar refractivity (Wildman–Crippen MR) is 89.6 cm³/mol. The Morgan fingerprint density at radius 3 is 2.50 bits per heavy atom. The third kappa shape index (κ3) is 3.73. The summed E-state index contributed by atoms with van der Waals surface area (Å²) in [6.45, 7) is 7.00. The summed E-state index contributed by atoms with van der Waals surface area (Å²) in [6.07, 6.45) is 1.27. The van der Waals surface area contributed by atoms with Crippen LogP contribution in [0.25, 0.3) is 0 Å². The van der Waals surface area contributed by atoms with Crippen LogP contribution in [0.5, 0.6) is 5.88 Å². The van der Waals surface area contributed by atoms with Gasteiger partial charge in [0.05, 0.1) is 30.7 Å². The molecule has 0 aliphatic heterocycles. The molecule has 2 heterocycles. The zero-order valence-electron chi connectivity index (χ0n) is 14.4. The van der Waals surface area contributed by atoms with Crippen molar-refractivity contribution in [3.8, 4) is 5.88 Å². The number of rotatable bonds is 5. The first-order valence-electron chi connectivity index (χ1n) is 7.55. The molecule has 0 fully saturated rings. The lowest BCUT2D eigenvalue weighted by atomic mass is 10.1. The minimum atomic E-state index is -0.443. The summed E-state index contributed by atoms with van der Waals surface area (Å²) in [4.78, 5) is 31.6. The molecule has 0 aliphatic rings. The first kappa shape index (κ1) is 17.5. The summed E-state index contributed by atoms with van der Waals surface area (Å²) < 4.78 is 10.2. The molecule has 0 aliphatic carbocycles. The van der Waals surface area contributed by atoms with Gasteiger partial charge in [-0.05, 0) is 39.3 Å². The van der Waals surface area contributed by atoms with Gasteiger partial charge in [0.15, 0.2) is 0 Å². The van der Waals surface area contributed by atoms with Crippen LogP contribution in [0.4, 0.5) is 5.69 Å². The number of hydrogen-bond acceptors (Lipinski definition) is 5. The van der Waals surface area contributed by atoms with Gasteiger partial charge in [-0.3, -0.25) is 4.79 Å². The standard InChI is InChI=1S/C17H21N3O4/c1-9(2)24-17(22)14-10(3)15(19-11(14)4)16(21)20-12-6-7-13(23-5)18-8-12/h6-9,19H,1-5H3,(H,20,21). The quantitative estimate of drug-likeness (QED) is 0.822. The van der Waals surface area contributed by atoms with E-state index in [2.05, 4.69) is 15.3 Å². The summed E-state index contributed by atoms with van der Waals surface area (Å²) in [5.41, 5.74) is 2.38. The molecule has 0 unspecified atom stereocenters. The van der Waals surface area contributed by atoms with Gasteiger partial charge < -0.3 is 19.8 Å². The Morgan fingerprint density at radius 2 is 1.96 bits per heavy atom. The summed E-state index contributed by atoms with van der Waals surface area (Å²) >= 11 is 0. The molecule has 0 radical (unpaired) electrons. The smallest absolute Gasteiger partial charge is 0.340 e. The van der Waals surface area contributed by atoms with Crippen LogP contribution in [-0.2, 0) is 4.74 Å². The number of aromatic amines is 1. The number of amides is 1. The Kier molecular flexibility index (Phi) is 5.23. The largest absolute Gasteiger partial charge is 0.481 e. The minimum absolute atomic E-state index is 0.228. The lowest BCUT2D eigenvalue weighted by molar-refractivity contribution is 0.0376. The summed E-state index contributed by atoms with van der Waals surface area (Å²) in [5.74, 6) is -0.341. The van der Waals surface area contributed by atoms with E-state index >= 15 is 0 Å². The summed E-state index contributed by atoms with van der Waals surface area (Å²) in [6, 6.07) is 3.33. The number of aromatic nitrogens is 2. The molecule has 2 N–H and O–H groups in total. The Morgan fingerprint density at radius 1 is 1.25 bits per heavy atom. The Balaban J connectivity index is 2.22. The van der Waals surface area contributed by atoms with Gasteiger partial charge in [0.2, 0.25) is 5.88 Å². The number of hydrogen-bond donors (Lipinski definition) is 2. The average molecular weight is 331 g/mol. The molecule has 1 amide bonds. The number of anilines is 1. The van der Waals surface area contributed by atoms with Crippen LogP contribution < -0.4 is 10.1 Å². The third-order valence-electron chi connectivity index (χ3n) is 3.41. The van der Waals surface area contributed by atoms with Crippen molar-refractivity contribution < 1.29 is 19.1 Å². The number of pyridine rings is 1. The zero-order chi connectivity index (χ0) is 17.9. The van der Waals surface area contributed by atoms with Crippen molar-refractivity contribution in [1.82, 2.24) is 9.97 Å². The highest BCUT2D eigenvalue weighted by Crippen LogP contribution is 2.21. The summed E-state index contributed by atoms with van der Waals surface area (Å²) in [5, 5.41) is 2.73. The fourth-order valence-corrected chi connectivity index (χ4v) is 2.32. The van der Waals surface area contributed by atoms with Gasteiger partial charge in [-0.25, -0.2) is 9.78 Å². The second-order valence-electron chi connectivity index (χ2n) is 5.62. The van der Waals surface area contributed by atoms with E-state index in [9.17, 15) is 9.59 Å². The lowest BCUT2D eigenvalue weighted by Crippen LogP contribution is -2.15. The molecule has 128 valence electrons. The molecule has 2 aromatic rings. The molecular weight excluding hydrogens is 310 g/mol. The Bertz CT molecular complexity index is 748. The van der Waals surface area contributed by atoms with E-state index in [1.807, 2.05) is 0 Å². The van der Waals surface area contributed by atoms with Gasteiger partial charge in [0.1, 0.15) is 5.69 Å². The van der Waals surface area contributed by atoms with Crippen LogP contribution >= 0.6 is 0 Å². The van der Waals surface area contributed by atoms with Gasteiger partial charge >= 0.3 is 5.97 Å². The first-order chi connectivity index (χ1) is 11.3. The van der Waals surface area contributed by atoms with Crippen LogP contribution in [-0.4, -0.2) is 35.1 Å². The number of H-pyrrole nitrogens is 1. The minimum Gasteiger partial charge on any atom is -0.481 e. The number of nitrogens with zero attached hydrogens (tertiary/aromatic N) is 1. The van der Waals surface area contributed by atoms with Crippen LogP contribution in [0.3, 0.4) is 0 Å². The maximum atomic E-state index is 12.4. The molecule has 7 heteroatoms. The number of aryl methyl sites for hydroxylation is 1. The highest BCUT2D eigenvalue weighted by Gasteiger charge is 2.23. The third-order valence-corrected chi connectivity index (χ3v) is 3.41. The van der Waals surface area contributed by atoms with E-state index in [0.717, 1.165) is 0 Å². The van der Waals surface area contributed by atoms with Crippen molar-refractivity contribution in [2.75, 3.05) is 12.4 Å². The second kappa shape index (κ2) is 7.16. The number of nitrogens with one attached hydrogen (secondary N) is 2. The Hall–Kier alpha value is -2.83. The van der Waals surface area contributed by atoms with Crippen LogP contribution in [0, 0.1) is 13.8 Å². The van der Waals surface area contributed by atoms with E-state index in [1.54, 1.807) is 39.8 Å². The van der Waals surface area contributed by atoms with Crippen LogP contribution in [0.2, 0.25) is 0 Å². The Labute approximate surface area is 140 Å². The maximum absolute atomic E-state index is 12.4. The molecule has 2 rings (SSSR count). The fraction of sp³-hybridized carbons (Fsp3) is 0.353. The van der Waals surface area contributed by atoms with Crippen molar-refractivity contribution in [3.63, 3.8) is 0 Å². The maximum Gasteiger partial charge on any atom is 0.340 e. The zero-order valence-corrected chi connectivity index (χ0v) is 14.4. The molecular formula is C17H21N3O4. The second-order valence-corrected chi connectivity index (χ2v) is 5.62.